The second-order valence-corrected chi connectivity index (χ2v) is 7.30. The number of piperidine rings is 1. The maximum absolute atomic E-state index is 13.1. The Morgan fingerprint density at radius 1 is 1.16 bits per heavy atom. The Morgan fingerprint density at radius 2 is 1.94 bits per heavy atom. The Hall–Kier alpha value is -3.56. The van der Waals surface area contributed by atoms with E-state index in [9.17, 15) is 18.0 Å². The number of amides is 2. The van der Waals surface area contributed by atoms with Crippen molar-refractivity contribution in [2.45, 2.75) is 25.1 Å². The van der Waals surface area contributed by atoms with E-state index in [0.717, 1.165) is 42.5 Å². The molecule has 7 nitrogen and oxygen atoms in total. The van der Waals surface area contributed by atoms with E-state index in [4.69, 9.17) is 0 Å². The third kappa shape index (κ3) is 4.96. The van der Waals surface area contributed by atoms with Crippen LogP contribution >= 0.6 is 0 Å². The van der Waals surface area contributed by atoms with E-state index in [1.54, 1.807) is 12.4 Å². The lowest BCUT2D eigenvalue weighted by Crippen LogP contribution is -2.49. The van der Waals surface area contributed by atoms with Gasteiger partial charge >= 0.3 is 12.2 Å². The van der Waals surface area contributed by atoms with Gasteiger partial charge in [0.15, 0.2) is 5.82 Å². The first kappa shape index (κ1) is 20.7. The summed E-state index contributed by atoms with van der Waals surface area (Å²) in [6.45, 7) is 1.28. The number of aromatic nitrogens is 3. The number of carbonyl (C=O) groups is 1. The monoisotopic (exact) mass is 430 g/mol. The molecular formula is C21H21F3N6O. The van der Waals surface area contributed by atoms with Crippen molar-refractivity contribution in [1.29, 1.82) is 0 Å². The molecule has 1 aromatic carbocycles. The van der Waals surface area contributed by atoms with Gasteiger partial charge in [0.05, 0.1) is 16.9 Å². The third-order valence-corrected chi connectivity index (χ3v) is 5.12. The van der Waals surface area contributed by atoms with Crippen LogP contribution in [-0.4, -0.2) is 40.3 Å². The fourth-order valence-corrected chi connectivity index (χ4v) is 3.64. The number of halogens is 3. The number of benzene rings is 1. The van der Waals surface area contributed by atoms with Gasteiger partial charge in [-0.2, -0.15) is 18.3 Å². The standard InChI is InChI=1S/C21H21F3N6O/c22-21(23,24)16-5-1-2-6-17(16)27-20(31)26-15-4-3-11-30(13-15)19-12-18(28-29-19)14-7-9-25-10-8-14/h1-2,5-10,12,15H,3-4,11,13H2,(H,28,29)(H2,26,27,31). The van der Waals surface area contributed by atoms with Gasteiger partial charge in [-0.25, -0.2) is 4.79 Å². The van der Waals surface area contributed by atoms with Gasteiger partial charge in [-0.1, -0.05) is 12.1 Å². The SMILES string of the molecule is O=C(Nc1ccccc1C(F)(F)F)NC1CCCN(c2cc(-c3ccncc3)[nH]n2)C1. The molecule has 1 atom stereocenters. The van der Waals surface area contributed by atoms with Gasteiger partial charge in [0.25, 0.3) is 0 Å². The number of anilines is 2. The Labute approximate surface area is 176 Å². The van der Waals surface area contributed by atoms with Crippen LogP contribution in [0.5, 0.6) is 0 Å². The van der Waals surface area contributed by atoms with Crippen LogP contribution in [0.1, 0.15) is 18.4 Å². The second kappa shape index (κ2) is 8.66. The highest BCUT2D eigenvalue weighted by Gasteiger charge is 2.33. The summed E-state index contributed by atoms with van der Waals surface area (Å²) in [5.41, 5.74) is 0.669. The summed E-state index contributed by atoms with van der Waals surface area (Å²) in [4.78, 5) is 18.4. The van der Waals surface area contributed by atoms with Crippen molar-refractivity contribution in [3.8, 4) is 11.3 Å². The molecule has 10 heteroatoms. The zero-order chi connectivity index (χ0) is 21.8. The number of carbonyl (C=O) groups excluding carboxylic acids is 1. The first-order valence-electron chi connectivity index (χ1n) is 9.84. The van der Waals surface area contributed by atoms with Crippen molar-refractivity contribution in [3.63, 3.8) is 0 Å². The summed E-state index contributed by atoms with van der Waals surface area (Å²) in [6.07, 6.45) is 0.407. The van der Waals surface area contributed by atoms with E-state index in [-0.39, 0.29) is 11.7 Å². The molecule has 0 radical (unpaired) electrons. The number of nitrogens with one attached hydrogen (secondary N) is 3. The molecule has 0 bridgehead atoms. The number of para-hydroxylation sites is 1. The van der Waals surface area contributed by atoms with E-state index in [1.165, 1.54) is 18.2 Å². The highest BCUT2D eigenvalue weighted by Crippen LogP contribution is 2.34. The lowest BCUT2D eigenvalue weighted by Gasteiger charge is -2.33. The predicted molar refractivity (Wildman–Crippen MR) is 111 cm³/mol. The van der Waals surface area contributed by atoms with Crippen LogP contribution in [-0.2, 0) is 6.18 Å². The van der Waals surface area contributed by atoms with Crippen molar-refractivity contribution < 1.29 is 18.0 Å². The molecule has 162 valence electrons. The molecule has 4 rings (SSSR count). The molecule has 3 heterocycles. The molecule has 1 saturated heterocycles. The van der Waals surface area contributed by atoms with Crippen LogP contribution in [0.2, 0.25) is 0 Å². The van der Waals surface area contributed by atoms with Gasteiger partial charge in [0, 0.05) is 43.2 Å². The number of aromatic amines is 1. The molecule has 0 spiro atoms. The normalized spacial score (nSPS) is 16.7. The molecule has 1 aliphatic heterocycles. The molecule has 0 aliphatic carbocycles. The van der Waals surface area contributed by atoms with Crippen molar-refractivity contribution in [2.24, 2.45) is 0 Å². The van der Waals surface area contributed by atoms with Crippen LogP contribution in [0.15, 0.2) is 54.9 Å². The second-order valence-electron chi connectivity index (χ2n) is 7.30. The largest absolute Gasteiger partial charge is 0.418 e. The number of hydrogen-bond acceptors (Lipinski definition) is 4. The van der Waals surface area contributed by atoms with Gasteiger partial charge < -0.3 is 15.5 Å². The topological polar surface area (TPSA) is 85.9 Å². The van der Waals surface area contributed by atoms with Gasteiger partial charge in [0.1, 0.15) is 0 Å². The maximum atomic E-state index is 13.1. The van der Waals surface area contributed by atoms with Crippen LogP contribution in [0, 0.1) is 0 Å². The average molecular weight is 430 g/mol. The van der Waals surface area contributed by atoms with Crippen molar-refractivity contribution in [3.05, 3.63) is 60.4 Å². The van der Waals surface area contributed by atoms with Crippen molar-refractivity contribution >= 4 is 17.5 Å². The molecule has 2 aromatic heterocycles. The van der Waals surface area contributed by atoms with E-state index in [1.807, 2.05) is 23.1 Å². The summed E-state index contributed by atoms with van der Waals surface area (Å²) >= 11 is 0. The first-order valence-corrected chi connectivity index (χ1v) is 9.84. The van der Waals surface area contributed by atoms with Crippen LogP contribution < -0.4 is 15.5 Å². The smallest absolute Gasteiger partial charge is 0.353 e. The third-order valence-electron chi connectivity index (χ3n) is 5.12. The minimum atomic E-state index is -4.54. The van der Waals surface area contributed by atoms with Gasteiger partial charge in [-0.05, 0) is 37.1 Å². The Bertz CT molecular complexity index is 1040. The van der Waals surface area contributed by atoms with Crippen LogP contribution in [0.3, 0.4) is 0 Å². The Morgan fingerprint density at radius 3 is 2.71 bits per heavy atom. The van der Waals surface area contributed by atoms with Gasteiger partial charge in [0.2, 0.25) is 0 Å². The molecular weight excluding hydrogens is 409 g/mol. The van der Waals surface area contributed by atoms with Crippen LogP contribution in [0.25, 0.3) is 11.3 Å². The van der Waals surface area contributed by atoms with E-state index >= 15 is 0 Å². The minimum absolute atomic E-state index is 0.215. The molecule has 1 fully saturated rings. The summed E-state index contributed by atoms with van der Waals surface area (Å²) in [6, 6.07) is 9.71. The highest BCUT2D eigenvalue weighted by atomic mass is 19.4. The number of hydrogen-bond donors (Lipinski definition) is 3. The average Bonchev–Trinajstić information content (AvgIpc) is 3.24. The van der Waals surface area contributed by atoms with Crippen molar-refractivity contribution in [1.82, 2.24) is 20.5 Å². The Balaban J connectivity index is 1.39. The predicted octanol–water partition coefficient (Wildman–Crippen LogP) is 4.28. The number of pyridine rings is 1. The molecule has 0 saturated carbocycles. The fraction of sp³-hybridized carbons (Fsp3) is 0.286. The number of rotatable bonds is 4. The zero-order valence-corrected chi connectivity index (χ0v) is 16.5. The molecule has 3 N–H and O–H groups in total. The van der Waals surface area contributed by atoms with Crippen LogP contribution in [0.4, 0.5) is 29.5 Å². The molecule has 1 unspecified atom stereocenters. The maximum Gasteiger partial charge on any atom is 0.418 e. The molecule has 2 amide bonds. The van der Waals surface area contributed by atoms with E-state index < -0.39 is 17.8 Å². The first-order chi connectivity index (χ1) is 14.9. The van der Waals surface area contributed by atoms with E-state index in [0.29, 0.717) is 6.54 Å². The zero-order valence-electron chi connectivity index (χ0n) is 16.5. The lowest BCUT2D eigenvalue weighted by molar-refractivity contribution is -0.136. The quantitative estimate of drug-likeness (QED) is 0.577. The summed E-state index contributed by atoms with van der Waals surface area (Å²) < 4.78 is 39.4. The molecule has 1 aliphatic rings. The summed E-state index contributed by atoms with van der Waals surface area (Å²) in [5, 5.41) is 12.5. The van der Waals surface area contributed by atoms with Gasteiger partial charge in [-0.15, -0.1) is 0 Å². The van der Waals surface area contributed by atoms with E-state index in [2.05, 4.69) is 25.8 Å². The number of urea groups is 1. The molecule has 31 heavy (non-hydrogen) atoms. The minimum Gasteiger partial charge on any atom is -0.353 e. The molecule has 3 aromatic rings. The number of H-pyrrole nitrogens is 1. The fourth-order valence-electron chi connectivity index (χ4n) is 3.64. The number of nitrogens with zero attached hydrogens (tertiary/aromatic N) is 3. The summed E-state index contributed by atoms with van der Waals surface area (Å²) in [7, 11) is 0. The number of alkyl halides is 3. The summed E-state index contributed by atoms with van der Waals surface area (Å²) in [5.74, 6) is 0.751. The lowest BCUT2D eigenvalue weighted by atomic mass is 10.1. The van der Waals surface area contributed by atoms with Gasteiger partial charge in [-0.3, -0.25) is 10.1 Å². The van der Waals surface area contributed by atoms with Crippen molar-refractivity contribution in [2.75, 3.05) is 23.3 Å². The highest BCUT2D eigenvalue weighted by molar-refractivity contribution is 5.90. The Kier molecular flexibility index (Phi) is 5.79.